The lowest BCUT2D eigenvalue weighted by Gasteiger charge is -2.32. The van der Waals surface area contributed by atoms with E-state index in [2.05, 4.69) is 15.3 Å². The predicted molar refractivity (Wildman–Crippen MR) is 114 cm³/mol. The highest BCUT2D eigenvalue weighted by molar-refractivity contribution is 6.46. The molecule has 1 aromatic heterocycles. The molecule has 0 saturated heterocycles. The molecule has 0 bridgehead atoms. The zero-order valence-electron chi connectivity index (χ0n) is 17.2. The zero-order chi connectivity index (χ0) is 20.7. The molecule has 0 aliphatic carbocycles. The van der Waals surface area contributed by atoms with Crippen molar-refractivity contribution in [2.24, 2.45) is 10.9 Å². The van der Waals surface area contributed by atoms with Crippen LogP contribution < -0.4 is 10.2 Å². The summed E-state index contributed by atoms with van der Waals surface area (Å²) in [4.78, 5) is 35.9. The van der Waals surface area contributed by atoms with Gasteiger partial charge in [-0.3, -0.25) is 14.6 Å². The van der Waals surface area contributed by atoms with E-state index in [9.17, 15) is 14.7 Å². The number of aliphatic hydroxyl groups is 1. The highest BCUT2D eigenvalue weighted by atomic mass is 16.3. The summed E-state index contributed by atoms with van der Waals surface area (Å²) in [6.07, 6.45) is 1.97. The number of carbonyl (C=O) groups is 2. The molecule has 7 nitrogen and oxygen atoms in total. The molecule has 2 aromatic rings. The van der Waals surface area contributed by atoms with Crippen LogP contribution in [0, 0.1) is 5.92 Å². The van der Waals surface area contributed by atoms with E-state index in [1.54, 1.807) is 0 Å². The number of hydrogen-bond donors (Lipinski definition) is 3. The smallest absolute Gasteiger partial charge is 0.243 e. The summed E-state index contributed by atoms with van der Waals surface area (Å²) in [6, 6.07) is 5.04. The molecule has 2 aliphatic heterocycles. The summed E-state index contributed by atoms with van der Waals surface area (Å²) in [6.45, 7) is 4.52. The summed E-state index contributed by atoms with van der Waals surface area (Å²) >= 11 is 0. The van der Waals surface area contributed by atoms with E-state index in [1.165, 1.54) is 0 Å². The van der Waals surface area contributed by atoms with E-state index in [1.807, 2.05) is 44.0 Å². The molecular formula is C22H28N4O3. The molecule has 2 unspecified atom stereocenters. The molecule has 0 radical (unpaired) electrons. The van der Waals surface area contributed by atoms with Crippen molar-refractivity contribution in [1.29, 1.82) is 0 Å². The first-order valence-electron chi connectivity index (χ1n) is 10.3. The van der Waals surface area contributed by atoms with Crippen LogP contribution in [-0.4, -0.2) is 59.8 Å². The number of anilines is 1. The summed E-state index contributed by atoms with van der Waals surface area (Å²) in [5.41, 5.74) is 3.74. The standard InChI is InChI=1S/C22H28N4O3/c1-12(2)20-22(29)24-13(11-27)10-14-18-15(6-4-8-17(18)26(20)3)25-19(14)21(28)16-7-5-9-23-16/h4,6,8,12-13,20,25,27H,5,7,9-11H2,1-3H3,(H,24,29). The van der Waals surface area contributed by atoms with E-state index in [0.29, 0.717) is 30.8 Å². The summed E-state index contributed by atoms with van der Waals surface area (Å²) in [5, 5.41) is 13.9. The van der Waals surface area contributed by atoms with Gasteiger partial charge in [0.1, 0.15) is 6.04 Å². The highest BCUT2D eigenvalue weighted by Gasteiger charge is 2.34. The van der Waals surface area contributed by atoms with Gasteiger partial charge in [-0.1, -0.05) is 19.9 Å². The first-order chi connectivity index (χ1) is 13.9. The van der Waals surface area contributed by atoms with Gasteiger partial charge in [0.05, 0.1) is 24.1 Å². The second-order valence-corrected chi connectivity index (χ2v) is 8.33. The minimum absolute atomic E-state index is 0.0732. The molecule has 3 heterocycles. The maximum Gasteiger partial charge on any atom is 0.243 e. The number of H-pyrrole nitrogens is 1. The van der Waals surface area contributed by atoms with Crippen molar-refractivity contribution in [3.8, 4) is 0 Å². The number of ketones is 1. The second-order valence-electron chi connectivity index (χ2n) is 8.33. The van der Waals surface area contributed by atoms with Crippen molar-refractivity contribution in [1.82, 2.24) is 10.3 Å². The number of aliphatic hydroxyl groups excluding tert-OH is 1. The lowest BCUT2D eigenvalue weighted by atomic mass is 9.98. The van der Waals surface area contributed by atoms with Gasteiger partial charge in [0.2, 0.25) is 11.7 Å². The Kier molecular flexibility index (Phi) is 5.17. The van der Waals surface area contributed by atoms with Gasteiger partial charge >= 0.3 is 0 Å². The van der Waals surface area contributed by atoms with E-state index >= 15 is 0 Å². The molecule has 0 fully saturated rings. The van der Waals surface area contributed by atoms with Gasteiger partial charge in [0, 0.05) is 30.2 Å². The second kappa shape index (κ2) is 7.63. The molecule has 0 saturated carbocycles. The van der Waals surface area contributed by atoms with E-state index < -0.39 is 6.04 Å². The Labute approximate surface area is 170 Å². The number of carbonyl (C=O) groups excluding carboxylic acids is 2. The number of nitrogens with one attached hydrogen (secondary N) is 2. The molecule has 29 heavy (non-hydrogen) atoms. The number of nitrogens with zero attached hydrogens (tertiary/aromatic N) is 2. The SMILES string of the molecule is CC(C)C1C(=O)NC(CO)Cc2c(C(=O)C3=NCCC3)[nH]c3cccc(c23)N1C. The summed E-state index contributed by atoms with van der Waals surface area (Å²) < 4.78 is 0. The fourth-order valence-electron chi connectivity index (χ4n) is 4.63. The Morgan fingerprint density at radius 1 is 1.38 bits per heavy atom. The third-order valence-corrected chi connectivity index (χ3v) is 5.98. The van der Waals surface area contributed by atoms with Gasteiger partial charge in [-0.2, -0.15) is 0 Å². The number of benzene rings is 1. The molecule has 4 rings (SSSR count). The van der Waals surface area contributed by atoms with Crippen LogP contribution in [0.4, 0.5) is 5.69 Å². The molecule has 154 valence electrons. The van der Waals surface area contributed by atoms with Gasteiger partial charge in [-0.25, -0.2) is 0 Å². The third kappa shape index (κ3) is 3.33. The number of hydrogen-bond acceptors (Lipinski definition) is 5. The lowest BCUT2D eigenvalue weighted by Crippen LogP contribution is -2.52. The fourth-order valence-corrected chi connectivity index (χ4v) is 4.63. The van der Waals surface area contributed by atoms with Crippen LogP contribution in [0.1, 0.15) is 42.7 Å². The van der Waals surface area contributed by atoms with E-state index in [-0.39, 0.29) is 30.3 Å². The van der Waals surface area contributed by atoms with E-state index in [0.717, 1.165) is 28.6 Å². The minimum atomic E-state index is -0.459. The van der Waals surface area contributed by atoms with Crippen molar-refractivity contribution in [2.75, 3.05) is 25.1 Å². The number of aromatic amines is 1. The Balaban J connectivity index is 1.94. The third-order valence-electron chi connectivity index (χ3n) is 5.98. The van der Waals surface area contributed by atoms with Gasteiger partial charge < -0.3 is 20.3 Å². The predicted octanol–water partition coefficient (Wildman–Crippen LogP) is 2.08. The van der Waals surface area contributed by atoms with Crippen LogP contribution in [0.25, 0.3) is 10.9 Å². The van der Waals surface area contributed by atoms with Crippen LogP contribution >= 0.6 is 0 Å². The molecule has 3 N–H and O–H groups in total. The Bertz CT molecular complexity index is 991. The first-order valence-corrected chi connectivity index (χ1v) is 10.3. The summed E-state index contributed by atoms with van der Waals surface area (Å²) in [7, 11) is 1.91. The number of aromatic nitrogens is 1. The minimum Gasteiger partial charge on any atom is -0.394 e. The van der Waals surface area contributed by atoms with Crippen molar-refractivity contribution < 1.29 is 14.7 Å². The molecule has 1 amide bonds. The largest absolute Gasteiger partial charge is 0.394 e. The molecular weight excluding hydrogens is 368 g/mol. The van der Waals surface area contributed by atoms with Gasteiger partial charge in [0.15, 0.2) is 0 Å². The topological polar surface area (TPSA) is 97.8 Å². The van der Waals surface area contributed by atoms with E-state index in [4.69, 9.17) is 0 Å². The fraction of sp³-hybridized carbons (Fsp3) is 0.500. The highest BCUT2D eigenvalue weighted by Crippen LogP contribution is 2.35. The van der Waals surface area contributed by atoms with Crippen LogP contribution in [0.15, 0.2) is 23.2 Å². The number of likely N-dealkylation sites (N-methyl/N-ethyl adjacent to an activating group) is 1. The number of aliphatic imine (C=N–C) groups is 1. The first kappa shape index (κ1) is 19.6. The Morgan fingerprint density at radius 3 is 2.83 bits per heavy atom. The average Bonchev–Trinajstić information content (AvgIpc) is 3.34. The number of Topliss-reactive ketones (excluding diaryl/α,β-unsaturated/α-hetero) is 1. The van der Waals surface area contributed by atoms with Crippen molar-refractivity contribution in [3.63, 3.8) is 0 Å². The summed E-state index contributed by atoms with van der Waals surface area (Å²) in [5.74, 6) is -0.116. The van der Waals surface area contributed by atoms with Crippen molar-refractivity contribution in [2.45, 2.75) is 45.2 Å². The Hall–Kier alpha value is -2.67. The Morgan fingerprint density at radius 2 is 2.17 bits per heavy atom. The van der Waals surface area contributed by atoms with Gasteiger partial charge in [-0.15, -0.1) is 0 Å². The average molecular weight is 396 g/mol. The molecule has 2 atom stereocenters. The van der Waals surface area contributed by atoms with Crippen LogP contribution in [0.3, 0.4) is 0 Å². The maximum absolute atomic E-state index is 13.2. The molecule has 1 aromatic carbocycles. The van der Waals surface area contributed by atoms with Crippen LogP contribution in [-0.2, 0) is 11.2 Å². The van der Waals surface area contributed by atoms with Crippen molar-refractivity contribution >= 4 is 34.0 Å². The number of amides is 1. The van der Waals surface area contributed by atoms with Crippen molar-refractivity contribution in [3.05, 3.63) is 29.5 Å². The molecule has 7 heteroatoms. The van der Waals surface area contributed by atoms with Gasteiger partial charge in [0.25, 0.3) is 0 Å². The maximum atomic E-state index is 13.2. The lowest BCUT2D eigenvalue weighted by molar-refractivity contribution is -0.124. The van der Waals surface area contributed by atoms with Crippen LogP contribution in [0.2, 0.25) is 0 Å². The quantitative estimate of drug-likeness (QED) is 0.689. The molecule has 0 spiro atoms. The normalized spacial score (nSPS) is 22.3. The monoisotopic (exact) mass is 396 g/mol. The van der Waals surface area contributed by atoms with Gasteiger partial charge in [-0.05, 0) is 42.9 Å². The molecule has 2 aliphatic rings. The zero-order valence-corrected chi connectivity index (χ0v) is 17.2. The van der Waals surface area contributed by atoms with Crippen LogP contribution in [0.5, 0.6) is 0 Å². The number of rotatable bonds is 4.